The van der Waals surface area contributed by atoms with Gasteiger partial charge in [-0.15, -0.1) is 0 Å². The largest absolute Gasteiger partial charge is 0.313 e. The van der Waals surface area contributed by atoms with E-state index >= 15 is 0 Å². The summed E-state index contributed by atoms with van der Waals surface area (Å²) in [7, 11) is 0. The van der Waals surface area contributed by atoms with Crippen molar-refractivity contribution in [2.24, 2.45) is 5.92 Å². The fourth-order valence-electron chi connectivity index (χ4n) is 1.75. The third-order valence-electron chi connectivity index (χ3n) is 2.96. The van der Waals surface area contributed by atoms with Crippen LogP contribution in [0.15, 0.2) is 18.2 Å². The summed E-state index contributed by atoms with van der Waals surface area (Å²) < 4.78 is 13.3. The Morgan fingerprint density at radius 1 is 1.47 bits per heavy atom. The quantitative estimate of drug-likeness (QED) is 0.471. The SMILES string of the molecule is O=[N+]([O-])c1ccc(CNCCC2CC2)cc1F. The summed E-state index contributed by atoms with van der Waals surface area (Å²) in [6, 6.07) is 4.03. The van der Waals surface area contributed by atoms with E-state index in [2.05, 4.69) is 5.32 Å². The van der Waals surface area contributed by atoms with Crippen LogP contribution >= 0.6 is 0 Å². The molecule has 1 fully saturated rings. The second kappa shape index (κ2) is 5.23. The molecule has 92 valence electrons. The normalized spacial score (nSPS) is 14.9. The van der Waals surface area contributed by atoms with Crippen molar-refractivity contribution < 1.29 is 9.31 Å². The lowest BCUT2D eigenvalue weighted by Gasteiger charge is -2.04. The first-order valence-electron chi connectivity index (χ1n) is 5.80. The van der Waals surface area contributed by atoms with Gasteiger partial charge in [-0.25, -0.2) is 0 Å². The van der Waals surface area contributed by atoms with Crippen molar-refractivity contribution in [3.63, 3.8) is 0 Å². The second-order valence-electron chi connectivity index (χ2n) is 4.45. The molecule has 4 nitrogen and oxygen atoms in total. The number of hydrogen-bond acceptors (Lipinski definition) is 3. The van der Waals surface area contributed by atoms with E-state index in [4.69, 9.17) is 0 Å². The first kappa shape index (κ1) is 12.0. The Labute approximate surface area is 99.0 Å². The molecule has 1 aliphatic rings. The Bertz CT molecular complexity index is 419. The Morgan fingerprint density at radius 2 is 2.24 bits per heavy atom. The predicted octanol–water partition coefficient (Wildman–Crippen LogP) is 2.62. The summed E-state index contributed by atoms with van der Waals surface area (Å²) in [6.45, 7) is 1.48. The molecule has 17 heavy (non-hydrogen) atoms. The molecule has 0 atom stereocenters. The van der Waals surface area contributed by atoms with Crippen LogP contribution in [0.25, 0.3) is 0 Å². The van der Waals surface area contributed by atoms with E-state index in [-0.39, 0.29) is 0 Å². The molecule has 0 radical (unpaired) electrons. The highest BCUT2D eigenvalue weighted by Gasteiger charge is 2.20. The number of hydrogen-bond donors (Lipinski definition) is 1. The van der Waals surface area contributed by atoms with Crippen LogP contribution < -0.4 is 5.32 Å². The lowest BCUT2D eigenvalue weighted by atomic mass is 10.2. The van der Waals surface area contributed by atoms with Crippen molar-refractivity contribution in [3.05, 3.63) is 39.7 Å². The molecular formula is C12H15FN2O2. The van der Waals surface area contributed by atoms with Gasteiger partial charge in [0.25, 0.3) is 0 Å². The van der Waals surface area contributed by atoms with Gasteiger partial charge in [0, 0.05) is 12.6 Å². The van der Waals surface area contributed by atoms with Crippen molar-refractivity contribution in [1.29, 1.82) is 0 Å². The van der Waals surface area contributed by atoms with Crippen molar-refractivity contribution in [3.8, 4) is 0 Å². The number of nitro groups is 1. The molecule has 5 heteroatoms. The highest BCUT2D eigenvalue weighted by molar-refractivity contribution is 5.34. The summed E-state index contributed by atoms with van der Waals surface area (Å²) in [4.78, 5) is 9.72. The van der Waals surface area contributed by atoms with Gasteiger partial charge in [-0.1, -0.05) is 18.9 Å². The van der Waals surface area contributed by atoms with E-state index < -0.39 is 16.4 Å². The number of benzene rings is 1. The zero-order chi connectivity index (χ0) is 12.3. The topological polar surface area (TPSA) is 55.2 Å². The van der Waals surface area contributed by atoms with Crippen LogP contribution in [0.4, 0.5) is 10.1 Å². The zero-order valence-corrected chi connectivity index (χ0v) is 9.49. The van der Waals surface area contributed by atoms with Crippen LogP contribution in [0, 0.1) is 21.8 Å². The first-order chi connectivity index (χ1) is 8.16. The molecule has 0 saturated heterocycles. The summed E-state index contributed by atoms with van der Waals surface area (Å²) in [5.74, 6) is 0.104. The van der Waals surface area contributed by atoms with Crippen molar-refractivity contribution in [1.82, 2.24) is 5.32 Å². The lowest BCUT2D eigenvalue weighted by Crippen LogP contribution is -2.15. The summed E-state index contributed by atoms with van der Waals surface area (Å²) in [6.07, 6.45) is 3.82. The van der Waals surface area contributed by atoms with Crippen LogP contribution in [-0.4, -0.2) is 11.5 Å². The molecule has 2 rings (SSSR count). The van der Waals surface area contributed by atoms with Gasteiger partial charge in [-0.2, -0.15) is 4.39 Å². The third kappa shape index (κ3) is 3.49. The Kier molecular flexibility index (Phi) is 3.68. The van der Waals surface area contributed by atoms with E-state index in [1.165, 1.54) is 25.0 Å². The molecule has 0 unspecified atom stereocenters. The number of nitrogens with zero attached hydrogens (tertiary/aromatic N) is 1. The first-order valence-corrected chi connectivity index (χ1v) is 5.80. The molecule has 0 amide bonds. The van der Waals surface area contributed by atoms with Gasteiger partial charge in [0.1, 0.15) is 0 Å². The van der Waals surface area contributed by atoms with Crippen LogP contribution in [0.1, 0.15) is 24.8 Å². The molecule has 1 saturated carbocycles. The monoisotopic (exact) mass is 238 g/mol. The summed E-state index contributed by atoms with van der Waals surface area (Å²) in [5, 5.41) is 13.6. The molecule has 1 aliphatic carbocycles. The molecule has 1 aromatic rings. The Morgan fingerprint density at radius 3 is 2.82 bits per heavy atom. The van der Waals surface area contributed by atoms with E-state index in [1.807, 2.05) is 0 Å². The van der Waals surface area contributed by atoms with Gasteiger partial charge in [0.05, 0.1) is 4.92 Å². The Balaban J connectivity index is 1.83. The highest BCUT2D eigenvalue weighted by Crippen LogP contribution is 2.31. The summed E-state index contributed by atoms with van der Waals surface area (Å²) in [5.41, 5.74) is 0.274. The Hall–Kier alpha value is -1.49. The molecular weight excluding hydrogens is 223 g/mol. The fraction of sp³-hybridized carbons (Fsp3) is 0.500. The highest BCUT2D eigenvalue weighted by atomic mass is 19.1. The van der Waals surface area contributed by atoms with Gasteiger partial charge < -0.3 is 5.32 Å². The molecule has 1 aromatic carbocycles. The zero-order valence-electron chi connectivity index (χ0n) is 9.49. The van der Waals surface area contributed by atoms with Gasteiger partial charge in [0.15, 0.2) is 0 Å². The average Bonchev–Trinajstić information content (AvgIpc) is 3.08. The molecule has 0 heterocycles. The molecule has 0 aliphatic heterocycles. The third-order valence-corrected chi connectivity index (χ3v) is 2.96. The maximum Gasteiger partial charge on any atom is 0.304 e. The van der Waals surface area contributed by atoms with Gasteiger partial charge in [0.2, 0.25) is 5.82 Å². The molecule has 0 spiro atoms. The summed E-state index contributed by atoms with van der Waals surface area (Å²) >= 11 is 0. The maximum atomic E-state index is 13.3. The maximum absolute atomic E-state index is 13.3. The van der Waals surface area contributed by atoms with Crippen LogP contribution in [0.3, 0.4) is 0 Å². The van der Waals surface area contributed by atoms with E-state index in [0.29, 0.717) is 6.54 Å². The predicted molar refractivity (Wildman–Crippen MR) is 62.1 cm³/mol. The second-order valence-corrected chi connectivity index (χ2v) is 4.45. The van der Waals surface area contributed by atoms with Crippen molar-refractivity contribution in [2.45, 2.75) is 25.8 Å². The average molecular weight is 238 g/mol. The molecule has 1 N–H and O–H groups in total. The van der Waals surface area contributed by atoms with Gasteiger partial charge >= 0.3 is 5.69 Å². The van der Waals surface area contributed by atoms with Gasteiger partial charge in [-0.05, 0) is 30.5 Å². The number of halogens is 1. The minimum atomic E-state index is -0.767. The molecule has 0 bridgehead atoms. The lowest BCUT2D eigenvalue weighted by molar-refractivity contribution is -0.387. The minimum absolute atomic E-state index is 0.466. The minimum Gasteiger partial charge on any atom is -0.313 e. The molecule has 0 aromatic heterocycles. The fourth-order valence-corrected chi connectivity index (χ4v) is 1.75. The van der Waals surface area contributed by atoms with Crippen LogP contribution in [-0.2, 0) is 6.54 Å². The van der Waals surface area contributed by atoms with E-state index in [0.717, 1.165) is 24.4 Å². The number of nitro benzene ring substituents is 1. The smallest absolute Gasteiger partial charge is 0.304 e. The van der Waals surface area contributed by atoms with Gasteiger partial charge in [-0.3, -0.25) is 10.1 Å². The number of rotatable bonds is 6. The standard InChI is InChI=1S/C12H15FN2O2/c13-11-7-10(3-4-12(11)15(16)17)8-14-6-5-9-1-2-9/h3-4,7,9,14H,1-2,5-6,8H2. The van der Waals surface area contributed by atoms with Crippen molar-refractivity contribution >= 4 is 5.69 Å². The van der Waals surface area contributed by atoms with Crippen molar-refractivity contribution in [2.75, 3.05) is 6.54 Å². The van der Waals surface area contributed by atoms with Crippen LogP contribution in [0.5, 0.6) is 0 Å². The number of nitrogens with one attached hydrogen (secondary N) is 1. The van der Waals surface area contributed by atoms with E-state index in [1.54, 1.807) is 6.07 Å². The van der Waals surface area contributed by atoms with E-state index in [9.17, 15) is 14.5 Å². The van der Waals surface area contributed by atoms with Crippen LogP contribution in [0.2, 0.25) is 0 Å².